The Morgan fingerprint density at radius 3 is 1.95 bits per heavy atom. The van der Waals surface area contributed by atoms with E-state index >= 15 is 0 Å². The van der Waals surface area contributed by atoms with Gasteiger partial charge in [0.05, 0.1) is 6.61 Å². The number of hydrogen-bond acceptors (Lipinski definition) is 2. The third-order valence-electron chi connectivity index (χ3n) is 3.42. The van der Waals surface area contributed by atoms with Crippen molar-refractivity contribution >= 4 is 0 Å². The number of hydrogen-bond donors (Lipinski definition) is 0. The second-order valence-corrected chi connectivity index (χ2v) is 8.42. The highest BCUT2D eigenvalue weighted by Crippen LogP contribution is 2.19. The minimum Gasteiger partial charge on any atom is -0.381 e. The first-order valence-corrected chi connectivity index (χ1v) is 8.44. The lowest BCUT2D eigenvalue weighted by atomic mass is 9.92. The molecule has 0 spiro atoms. The number of ether oxygens (including phenoxy) is 1. The van der Waals surface area contributed by atoms with Crippen LogP contribution in [0.4, 0.5) is 0 Å². The summed E-state index contributed by atoms with van der Waals surface area (Å²) in [6.07, 6.45) is 5.08. The smallest absolute Gasteiger partial charge is 0.0514 e. The zero-order chi connectivity index (χ0) is 15.6. The lowest BCUT2D eigenvalue weighted by Crippen LogP contribution is -2.28. The van der Waals surface area contributed by atoms with Gasteiger partial charge in [-0.25, -0.2) is 0 Å². The van der Waals surface area contributed by atoms with Gasteiger partial charge in [-0.1, -0.05) is 48.5 Å². The standard InChI is InChI=1S/C18H39NO/c1-8-19(14-12-17(2,3)4)13-10-9-11-15-20-16-18(5,6)7/h8-16H2,1-7H3. The summed E-state index contributed by atoms with van der Waals surface area (Å²) in [4.78, 5) is 2.58. The van der Waals surface area contributed by atoms with Crippen LogP contribution in [0.5, 0.6) is 0 Å². The minimum absolute atomic E-state index is 0.298. The van der Waals surface area contributed by atoms with Crippen LogP contribution in [-0.4, -0.2) is 37.7 Å². The lowest BCUT2D eigenvalue weighted by molar-refractivity contribution is 0.0682. The van der Waals surface area contributed by atoms with Crippen molar-refractivity contribution in [3.05, 3.63) is 0 Å². The second kappa shape index (κ2) is 9.78. The summed E-state index contributed by atoms with van der Waals surface area (Å²) in [5.41, 5.74) is 0.750. The number of nitrogens with zero attached hydrogens (tertiary/aromatic N) is 1. The van der Waals surface area contributed by atoms with Crippen LogP contribution in [0.2, 0.25) is 0 Å². The molecule has 0 radical (unpaired) electrons. The molecule has 0 rings (SSSR count). The molecule has 0 fully saturated rings. The minimum atomic E-state index is 0.298. The Kier molecular flexibility index (Phi) is 9.74. The van der Waals surface area contributed by atoms with E-state index in [0.717, 1.165) is 13.2 Å². The predicted octanol–water partition coefficient (Wildman–Crippen LogP) is 4.98. The van der Waals surface area contributed by atoms with Crippen LogP contribution in [0, 0.1) is 10.8 Å². The first kappa shape index (κ1) is 19.9. The molecule has 0 amide bonds. The fourth-order valence-corrected chi connectivity index (χ4v) is 2.02. The van der Waals surface area contributed by atoms with Crippen LogP contribution in [0.15, 0.2) is 0 Å². The van der Waals surface area contributed by atoms with Gasteiger partial charge in [-0.3, -0.25) is 0 Å². The van der Waals surface area contributed by atoms with Gasteiger partial charge in [-0.05, 0) is 56.1 Å². The highest BCUT2D eigenvalue weighted by Gasteiger charge is 2.12. The van der Waals surface area contributed by atoms with E-state index < -0.39 is 0 Å². The fourth-order valence-electron chi connectivity index (χ4n) is 2.02. The Bertz CT molecular complexity index is 225. The summed E-state index contributed by atoms with van der Waals surface area (Å²) < 4.78 is 5.71. The molecular weight excluding hydrogens is 246 g/mol. The number of rotatable bonds is 10. The lowest BCUT2D eigenvalue weighted by Gasteiger charge is -2.25. The highest BCUT2D eigenvalue weighted by molar-refractivity contribution is 4.65. The van der Waals surface area contributed by atoms with E-state index in [0.29, 0.717) is 10.8 Å². The van der Waals surface area contributed by atoms with Gasteiger partial charge in [0.15, 0.2) is 0 Å². The normalized spacial score (nSPS) is 13.2. The summed E-state index contributed by atoms with van der Waals surface area (Å²) in [7, 11) is 0. The van der Waals surface area contributed by atoms with Gasteiger partial charge < -0.3 is 9.64 Å². The molecule has 0 atom stereocenters. The molecule has 0 aliphatic heterocycles. The van der Waals surface area contributed by atoms with Crippen molar-refractivity contribution in [3.63, 3.8) is 0 Å². The SMILES string of the molecule is CCN(CCCCCOCC(C)(C)C)CCC(C)(C)C. The molecule has 0 saturated carbocycles. The summed E-state index contributed by atoms with van der Waals surface area (Å²) in [5.74, 6) is 0. The van der Waals surface area contributed by atoms with Crippen molar-refractivity contribution in [3.8, 4) is 0 Å². The molecule has 20 heavy (non-hydrogen) atoms. The molecule has 0 aromatic heterocycles. The van der Waals surface area contributed by atoms with Crippen LogP contribution in [-0.2, 0) is 4.74 Å². The Morgan fingerprint density at radius 2 is 1.45 bits per heavy atom. The Hall–Kier alpha value is -0.0800. The van der Waals surface area contributed by atoms with Crippen molar-refractivity contribution in [2.45, 2.75) is 74.1 Å². The van der Waals surface area contributed by atoms with Gasteiger partial charge in [0.2, 0.25) is 0 Å². The van der Waals surface area contributed by atoms with Gasteiger partial charge in [0.1, 0.15) is 0 Å². The van der Waals surface area contributed by atoms with Gasteiger partial charge in [-0.15, -0.1) is 0 Å². The predicted molar refractivity (Wildman–Crippen MR) is 90.3 cm³/mol. The van der Waals surface area contributed by atoms with E-state index in [2.05, 4.69) is 53.4 Å². The molecule has 0 saturated heterocycles. The highest BCUT2D eigenvalue weighted by atomic mass is 16.5. The average molecular weight is 286 g/mol. The van der Waals surface area contributed by atoms with E-state index in [1.807, 2.05) is 0 Å². The van der Waals surface area contributed by atoms with E-state index in [-0.39, 0.29) is 0 Å². The van der Waals surface area contributed by atoms with E-state index in [9.17, 15) is 0 Å². The largest absolute Gasteiger partial charge is 0.381 e. The third kappa shape index (κ3) is 14.3. The molecule has 0 aliphatic carbocycles. The van der Waals surface area contributed by atoms with Crippen LogP contribution in [0.1, 0.15) is 74.1 Å². The van der Waals surface area contributed by atoms with E-state index in [1.54, 1.807) is 0 Å². The molecule has 0 N–H and O–H groups in total. The topological polar surface area (TPSA) is 12.5 Å². The van der Waals surface area contributed by atoms with Gasteiger partial charge in [-0.2, -0.15) is 0 Å². The molecular formula is C18H39NO. The van der Waals surface area contributed by atoms with Crippen LogP contribution < -0.4 is 0 Å². The van der Waals surface area contributed by atoms with Crippen LogP contribution in [0.25, 0.3) is 0 Å². The second-order valence-electron chi connectivity index (χ2n) is 8.42. The van der Waals surface area contributed by atoms with Crippen molar-refractivity contribution in [2.24, 2.45) is 10.8 Å². The fraction of sp³-hybridized carbons (Fsp3) is 1.00. The first-order chi connectivity index (χ1) is 9.14. The van der Waals surface area contributed by atoms with Gasteiger partial charge in [0.25, 0.3) is 0 Å². The third-order valence-corrected chi connectivity index (χ3v) is 3.42. The number of unbranched alkanes of at least 4 members (excludes halogenated alkanes) is 2. The van der Waals surface area contributed by atoms with E-state index in [4.69, 9.17) is 4.74 Å². The quantitative estimate of drug-likeness (QED) is 0.525. The molecule has 0 aliphatic rings. The zero-order valence-corrected chi connectivity index (χ0v) is 15.2. The van der Waals surface area contributed by atoms with Gasteiger partial charge in [0, 0.05) is 6.61 Å². The summed E-state index contributed by atoms with van der Waals surface area (Å²) in [5, 5.41) is 0. The van der Waals surface area contributed by atoms with Crippen LogP contribution >= 0.6 is 0 Å². The Balaban J connectivity index is 3.52. The monoisotopic (exact) mass is 285 g/mol. The maximum atomic E-state index is 5.71. The maximum Gasteiger partial charge on any atom is 0.0514 e. The van der Waals surface area contributed by atoms with Crippen molar-refractivity contribution in [1.29, 1.82) is 0 Å². The van der Waals surface area contributed by atoms with Crippen LogP contribution in [0.3, 0.4) is 0 Å². The molecule has 0 bridgehead atoms. The van der Waals surface area contributed by atoms with Crippen molar-refractivity contribution < 1.29 is 4.74 Å². The molecule has 2 nitrogen and oxygen atoms in total. The molecule has 0 aromatic rings. The van der Waals surface area contributed by atoms with E-state index in [1.165, 1.54) is 45.3 Å². The molecule has 122 valence electrons. The molecule has 0 heterocycles. The Labute approximate surface area is 128 Å². The Morgan fingerprint density at radius 1 is 0.800 bits per heavy atom. The maximum absolute atomic E-state index is 5.71. The summed E-state index contributed by atoms with van der Waals surface area (Å²) in [6, 6.07) is 0. The first-order valence-electron chi connectivity index (χ1n) is 8.44. The summed E-state index contributed by atoms with van der Waals surface area (Å²) >= 11 is 0. The van der Waals surface area contributed by atoms with Crippen molar-refractivity contribution in [1.82, 2.24) is 4.90 Å². The molecule has 0 unspecified atom stereocenters. The zero-order valence-electron chi connectivity index (χ0n) is 15.2. The average Bonchev–Trinajstić information content (AvgIpc) is 2.29. The molecule has 2 heteroatoms. The molecule has 0 aromatic carbocycles. The summed E-state index contributed by atoms with van der Waals surface area (Å²) in [6.45, 7) is 21.4. The van der Waals surface area contributed by atoms with Crippen molar-refractivity contribution in [2.75, 3.05) is 32.8 Å². The van der Waals surface area contributed by atoms with Gasteiger partial charge >= 0.3 is 0 Å².